The predicted octanol–water partition coefficient (Wildman–Crippen LogP) is 2.24. The minimum absolute atomic E-state index is 0.0302. The standard InChI is InChI=1S/C20H26N4O3/c1-20(2,3)27-19(26)24-10-13-8-23(9-14(13)11-24)15-5-6-17-16(7-15)18(25)22(4)12-21-17/h5-7,12-14H,8-11H2,1-4H3. The van der Waals surface area contributed by atoms with Gasteiger partial charge in [0.05, 0.1) is 17.2 Å². The van der Waals surface area contributed by atoms with Crippen molar-refractivity contribution in [3.8, 4) is 0 Å². The molecule has 144 valence electrons. The summed E-state index contributed by atoms with van der Waals surface area (Å²) in [7, 11) is 1.72. The number of anilines is 1. The number of carbonyl (C=O) groups excluding carboxylic acids is 1. The number of hydrogen-bond acceptors (Lipinski definition) is 5. The zero-order chi connectivity index (χ0) is 19.3. The second kappa shape index (κ2) is 6.25. The normalized spacial score (nSPS) is 22.4. The molecule has 1 amide bonds. The highest BCUT2D eigenvalue weighted by Crippen LogP contribution is 2.35. The van der Waals surface area contributed by atoms with Crippen LogP contribution < -0.4 is 10.5 Å². The summed E-state index contributed by atoms with van der Waals surface area (Å²) in [6.45, 7) is 8.90. The Labute approximate surface area is 158 Å². The van der Waals surface area contributed by atoms with Crippen LogP contribution in [0.15, 0.2) is 29.3 Å². The molecule has 0 saturated carbocycles. The third kappa shape index (κ3) is 3.38. The average molecular weight is 370 g/mol. The van der Waals surface area contributed by atoms with Crippen LogP contribution in [0.5, 0.6) is 0 Å². The molecule has 2 atom stereocenters. The minimum Gasteiger partial charge on any atom is -0.444 e. The average Bonchev–Trinajstić information content (AvgIpc) is 3.15. The summed E-state index contributed by atoms with van der Waals surface area (Å²) in [5, 5.41) is 0.643. The van der Waals surface area contributed by atoms with Crippen LogP contribution in [0.1, 0.15) is 20.8 Å². The summed E-state index contributed by atoms with van der Waals surface area (Å²) in [4.78, 5) is 33.1. The number of aromatic nitrogens is 2. The van der Waals surface area contributed by atoms with Gasteiger partial charge in [-0.1, -0.05) is 0 Å². The van der Waals surface area contributed by atoms with Crippen molar-refractivity contribution < 1.29 is 9.53 Å². The Morgan fingerprint density at radius 2 is 1.81 bits per heavy atom. The maximum Gasteiger partial charge on any atom is 0.410 e. The number of carbonyl (C=O) groups is 1. The Morgan fingerprint density at radius 3 is 2.44 bits per heavy atom. The van der Waals surface area contributed by atoms with Crippen LogP contribution in [-0.2, 0) is 11.8 Å². The number of rotatable bonds is 1. The molecule has 2 unspecified atom stereocenters. The summed E-state index contributed by atoms with van der Waals surface area (Å²) in [5.74, 6) is 0.870. The fourth-order valence-corrected chi connectivity index (χ4v) is 4.08. The lowest BCUT2D eigenvalue weighted by Crippen LogP contribution is -2.37. The molecular weight excluding hydrogens is 344 g/mol. The Morgan fingerprint density at radius 1 is 1.15 bits per heavy atom. The minimum atomic E-state index is -0.466. The predicted molar refractivity (Wildman–Crippen MR) is 104 cm³/mol. The first-order valence-corrected chi connectivity index (χ1v) is 9.39. The van der Waals surface area contributed by atoms with Crippen LogP contribution in [0.2, 0.25) is 0 Å². The fraction of sp³-hybridized carbons (Fsp3) is 0.550. The van der Waals surface area contributed by atoms with Crippen molar-refractivity contribution in [2.45, 2.75) is 26.4 Å². The van der Waals surface area contributed by atoms with Crippen LogP contribution in [0.25, 0.3) is 10.9 Å². The smallest absolute Gasteiger partial charge is 0.410 e. The van der Waals surface area contributed by atoms with Crippen LogP contribution in [0, 0.1) is 11.8 Å². The van der Waals surface area contributed by atoms with Crippen LogP contribution >= 0.6 is 0 Å². The zero-order valence-corrected chi connectivity index (χ0v) is 16.3. The first kappa shape index (κ1) is 17.8. The summed E-state index contributed by atoms with van der Waals surface area (Å²) in [5.41, 5.74) is 1.27. The molecule has 2 aliphatic rings. The van der Waals surface area contributed by atoms with E-state index < -0.39 is 5.60 Å². The van der Waals surface area contributed by atoms with Crippen molar-refractivity contribution in [3.05, 3.63) is 34.9 Å². The number of nitrogens with zero attached hydrogens (tertiary/aromatic N) is 4. The molecule has 2 fully saturated rings. The highest BCUT2D eigenvalue weighted by atomic mass is 16.6. The molecule has 0 aliphatic carbocycles. The van der Waals surface area contributed by atoms with E-state index in [0.29, 0.717) is 17.2 Å². The third-order valence-corrected chi connectivity index (χ3v) is 5.40. The van der Waals surface area contributed by atoms with Crippen molar-refractivity contribution in [2.24, 2.45) is 18.9 Å². The van der Waals surface area contributed by atoms with E-state index in [0.717, 1.165) is 37.4 Å². The van der Waals surface area contributed by atoms with Crippen molar-refractivity contribution in [2.75, 3.05) is 31.1 Å². The molecule has 0 bridgehead atoms. The van der Waals surface area contributed by atoms with Crippen LogP contribution in [0.4, 0.5) is 10.5 Å². The van der Waals surface area contributed by atoms with Crippen LogP contribution in [0.3, 0.4) is 0 Å². The molecule has 7 heteroatoms. The Balaban J connectivity index is 1.48. The molecule has 1 aromatic heterocycles. The summed E-state index contributed by atoms with van der Waals surface area (Å²) in [6, 6.07) is 5.88. The second-order valence-corrected chi connectivity index (χ2v) is 8.67. The summed E-state index contributed by atoms with van der Waals surface area (Å²) >= 11 is 0. The van der Waals surface area contributed by atoms with Gasteiger partial charge in [-0.3, -0.25) is 4.79 Å². The third-order valence-electron chi connectivity index (χ3n) is 5.40. The lowest BCUT2D eigenvalue weighted by atomic mass is 10.0. The molecule has 3 heterocycles. The second-order valence-electron chi connectivity index (χ2n) is 8.67. The van der Waals surface area contributed by atoms with Gasteiger partial charge in [-0.15, -0.1) is 0 Å². The summed E-state index contributed by atoms with van der Waals surface area (Å²) in [6.07, 6.45) is 1.33. The van der Waals surface area contributed by atoms with E-state index in [4.69, 9.17) is 4.74 Å². The molecule has 0 spiro atoms. The molecule has 2 aliphatic heterocycles. The number of fused-ring (bicyclic) bond motifs is 2. The Hall–Kier alpha value is -2.57. The van der Waals surface area contributed by atoms with Gasteiger partial charge in [-0.05, 0) is 39.0 Å². The van der Waals surface area contributed by atoms with E-state index in [-0.39, 0.29) is 11.7 Å². The van der Waals surface area contributed by atoms with Gasteiger partial charge in [0.1, 0.15) is 5.60 Å². The van der Waals surface area contributed by atoms with Crippen molar-refractivity contribution in [1.29, 1.82) is 0 Å². The van der Waals surface area contributed by atoms with Gasteiger partial charge in [0, 0.05) is 50.7 Å². The van der Waals surface area contributed by atoms with Gasteiger partial charge in [-0.2, -0.15) is 0 Å². The zero-order valence-electron chi connectivity index (χ0n) is 16.3. The lowest BCUT2D eigenvalue weighted by Gasteiger charge is -2.26. The number of hydrogen-bond donors (Lipinski definition) is 0. The lowest BCUT2D eigenvalue weighted by molar-refractivity contribution is 0.0282. The number of ether oxygens (including phenoxy) is 1. The van der Waals surface area contributed by atoms with Gasteiger partial charge < -0.3 is 19.1 Å². The van der Waals surface area contributed by atoms with Crippen molar-refractivity contribution >= 4 is 22.7 Å². The van der Waals surface area contributed by atoms with E-state index in [9.17, 15) is 9.59 Å². The molecule has 0 radical (unpaired) electrons. The van der Waals surface area contributed by atoms with Gasteiger partial charge in [0.2, 0.25) is 0 Å². The first-order valence-electron chi connectivity index (χ1n) is 9.39. The number of amides is 1. The number of likely N-dealkylation sites (tertiary alicyclic amines) is 1. The first-order chi connectivity index (χ1) is 12.7. The Bertz CT molecular complexity index is 932. The topological polar surface area (TPSA) is 67.7 Å². The molecule has 2 aromatic rings. The fourth-order valence-electron chi connectivity index (χ4n) is 4.08. The molecule has 7 nitrogen and oxygen atoms in total. The van der Waals surface area contributed by atoms with E-state index in [1.165, 1.54) is 4.57 Å². The quantitative estimate of drug-likeness (QED) is 0.770. The van der Waals surface area contributed by atoms with Gasteiger partial charge >= 0.3 is 6.09 Å². The van der Waals surface area contributed by atoms with E-state index in [1.54, 1.807) is 13.4 Å². The maximum absolute atomic E-state index is 12.4. The maximum atomic E-state index is 12.4. The molecule has 27 heavy (non-hydrogen) atoms. The molecule has 2 saturated heterocycles. The van der Waals surface area contributed by atoms with Gasteiger partial charge in [0.15, 0.2) is 0 Å². The highest BCUT2D eigenvalue weighted by Gasteiger charge is 2.42. The summed E-state index contributed by atoms with van der Waals surface area (Å²) < 4.78 is 7.00. The van der Waals surface area contributed by atoms with Gasteiger partial charge in [-0.25, -0.2) is 9.78 Å². The van der Waals surface area contributed by atoms with E-state index in [1.807, 2.05) is 43.9 Å². The van der Waals surface area contributed by atoms with E-state index >= 15 is 0 Å². The Kier molecular flexibility index (Phi) is 4.13. The van der Waals surface area contributed by atoms with Gasteiger partial charge in [0.25, 0.3) is 5.56 Å². The molecule has 1 aromatic carbocycles. The number of benzene rings is 1. The van der Waals surface area contributed by atoms with Crippen molar-refractivity contribution in [3.63, 3.8) is 0 Å². The highest BCUT2D eigenvalue weighted by molar-refractivity contribution is 5.81. The molecule has 4 rings (SSSR count). The van der Waals surface area contributed by atoms with Crippen LogP contribution in [-0.4, -0.2) is 52.3 Å². The molecule has 0 N–H and O–H groups in total. The monoisotopic (exact) mass is 370 g/mol. The van der Waals surface area contributed by atoms with E-state index in [2.05, 4.69) is 9.88 Å². The molecular formula is C20H26N4O3. The van der Waals surface area contributed by atoms with Crippen molar-refractivity contribution in [1.82, 2.24) is 14.5 Å². The SMILES string of the molecule is Cn1cnc2ccc(N3CC4CN(C(=O)OC(C)(C)C)CC4C3)cc2c1=O. The number of aryl methyl sites for hydroxylation is 1. The largest absolute Gasteiger partial charge is 0.444 e.